The summed E-state index contributed by atoms with van der Waals surface area (Å²) < 4.78 is 0. The van der Waals surface area contributed by atoms with Gasteiger partial charge < -0.3 is 5.11 Å². The molecular weight excluding hydrogens is 256 g/mol. The number of aliphatic hydroxyl groups is 1. The molecule has 1 heteroatoms. The molecule has 0 rings (SSSR count). The summed E-state index contributed by atoms with van der Waals surface area (Å²) in [6.07, 6.45) is 15.7. The highest BCUT2D eigenvalue weighted by atomic mass is 16.2. The van der Waals surface area contributed by atoms with Crippen LogP contribution in [0.4, 0.5) is 0 Å². The molecule has 0 amide bonds. The fourth-order valence-corrected chi connectivity index (χ4v) is 2.14. The van der Waals surface area contributed by atoms with Gasteiger partial charge in [-0.1, -0.05) is 46.6 Å². The molecule has 0 unspecified atom stereocenters. The van der Waals surface area contributed by atoms with E-state index in [4.69, 9.17) is 5.11 Å². The Bertz CT molecular complexity index is 390. The number of aliphatic hydroxyl groups excluding tert-OH is 1. The Morgan fingerprint density at radius 1 is 0.619 bits per heavy atom. The van der Waals surface area contributed by atoms with Crippen LogP contribution in [-0.2, 0) is 0 Å². The average molecular weight is 290 g/mol. The van der Waals surface area contributed by atoms with Crippen molar-refractivity contribution in [2.24, 2.45) is 0 Å². The average Bonchev–Trinajstić information content (AvgIpc) is 2.38. The lowest BCUT2D eigenvalue weighted by atomic mass is 10.0. The van der Waals surface area contributed by atoms with Crippen molar-refractivity contribution in [2.75, 3.05) is 6.61 Å². The minimum absolute atomic E-state index is 0.158. The zero-order valence-electron chi connectivity index (χ0n) is 14.7. The smallest absolute Gasteiger partial charge is 0.0614 e. The topological polar surface area (TPSA) is 20.2 Å². The Morgan fingerprint density at radius 2 is 1.00 bits per heavy atom. The SMILES string of the molecule is CC(C)=CCC/C(C)=C/CC/C(C)=C\CC/C(C)=C\CO. The van der Waals surface area contributed by atoms with Crippen LogP contribution in [0.25, 0.3) is 0 Å². The monoisotopic (exact) mass is 290 g/mol. The third-order valence-electron chi connectivity index (χ3n) is 3.59. The molecular formula is C20H34O. The molecule has 0 bridgehead atoms. The molecule has 0 fully saturated rings. The van der Waals surface area contributed by atoms with Crippen LogP contribution < -0.4 is 0 Å². The molecule has 0 aromatic rings. The number of hydrogen-bond donors (Lipinski definition) is 1. The quantitative estimate of drug-likeness (QED) is 0.480. The van der Waals surface area contributed by atoms with Gasteiger partial charge in [0.15, 0.2) is 0 Å². The molecule has 1 N–H and O–H groups in total. The predicted molar refractivity (Wildman–Crippen MR) is 95.5 cm³/mol. The fourth-order valence-electron chi connectivity index (χ4n) is 2.14. The van der Waals surface area contributed by atoms with E-state index in [1.165, 1.54) is 28.7 Å². The summed E-state index contributed by atoms with van der Waals surface area (Å²) in [5.41, 5.74) is 5.66. The fraction of sp³-hybridized carbons (Fsp3) is 0.600. The van der Waals surface area contributed by atoms with Crippen molar-refractivity contribution in [2.45, 2.75) is 73.1 Å². The molecule has 1 nitrogen and oxygen atoms in total. The summed E-state index contributed by atoms with van der Waals surface area (Å²) in [4.78, 5) is 0. The summed E-state index contributed by atoms with van der Waals surface area (Å²) in [6.45, 7) is 11.0. The van der Waals surface area contributed by atoms with Gasteiger partial charge in [0.1, 0.15) is 0 Å². The van der Waals surface area contributed by atoms with E-state index >= 15 is 0 Å². The largest absolute Gasteiger partial charge is 0.392 e. The summed E-state index contributed by atoms with van der Waals surface area (Å²) in [7, 11) is 0. The van der Waals surface area contributed by atoms with Gasteiger partial charge in [-0.2, -0.15) is 0 Å². The third kappa shape index (κ3) is 13.7. The molecule has 0 aliphatic heterocycles. The van der Waals surface area contributed by atoms with Crippen LogP contribution >= 0.6 is 0 Å². The standard InChI is InChI=1S/C20H34O/c1-17(2)9-6-10-18(3)11-7-12-19(4)13-8-14-20(5)15-16-21/h9,11,13,15,21H,6-8,10,12,14,16H2,1-5H3/b18-11+,19-13-,20-15-. The zero-order valence-corrected chi connectivity index (χ0v) is 14.7. The Morgan fingerprint density at radius 3 is 1.38 bits per heavy atom. The highest BCUT2D eigenvalue weighted by Crippen LogP contribution is 2.13. The van der Waals surface area contributed by atoms with Crippen LogP contribution in [0.2, 0.25) is 0 Å². The maximum atomic E-state index is 8.80. The Hall–Kier alpha value is -1.08. The first-order valence-corrected chi connectivity index (χ1v) is 8.16. The zero-order chi connectivity index (χ0) is 16.1. The van der Waals surface area contributed by atoms with Crippen LogP contribution in [0.15, 0.2) is 46.6 Å². The van der Waals surface area contributed by atoms with Gasteiger partial charge in [-0.25, -0.2) is 0 Å². The second-order valence-corrected chi connectivity index (χ2v) is 6.23. The molecule has 0 spiro atoms. The van der Waals surface area contributed by atoms with E-state index in [0.717, 1.165) is 32.1 Å². The van der Waals surface area contributed by atoms with Gasteiger partial charge in [0.25, 0.3) is 0 Å². The van der Waals surface area contributed by atoms with Crippen LogP contribution in [0.5, 0.6) is 0 Å². The summed E-state index contributed by atoms with van der Waals surface area (Å²) >= 11 is 0. The van der Waals surface area contributed by atoms with Crippen molar-refractivity contribution >= 4 is 0 Å². The lowest BCUT2D eigenvalue weighted by Gasteiger charge is -2.02. The van der Waals surface area contributed by atoms with E-state index in [2.05, 4.69) is 52.8 Å². The molecule has 0 aliphatic carbocycles. The number of rotatable bonds is 10. The molecule has 21 heavy (non-hydrogen) atoms. The highest BCUT2D eigenvalue weighted by Gasteiger charge is 1.93. The summed E-state index contributed by atoms with van der Waals surface area (Å²) in [6, 6.07) is 0. The Balaban J connectivity index is 3.93. The first kappa shape index (κ1) is 19.9. The molecule has 0 saturated carbocycles. The van der Waals surface area contributed by atoms with Gasteiger partial charge in [0, 0.05) is 0 Å². The Labute approximate surface area is 132 Å². The molecule has 0 saturated heterocycles. The van der Waals surface area contributed by atoms with Crippen molar-refractivity contribution in [3.05, 3.63) is 46.6 Å². The molecule has 120 valence electrons. The van der Waals surface area contributed by atoms with Crippen LogP contribution in [0.1, 0.15) is 73.1 Å². The Kier molecular flexibility index (Phi) is 12.0. The minimum atomic E-state index is 0.158. The predicted octanol–water partition coefficient (Wildman–Crippen LogP) is 6.12. The van der Waals surface area contributed by atoms with Gasteiger partial charge in [0.2, 0.25) is 0 Å². The van der Waals surface area contributed by atoms with Crippen LogP contribution in [0, 0.1) is 0 Å². The van der Waals surface area contributed by atoms with Crippen LogP contribution in [-0.4, -0.2) is 11.7 Å². The molecule has 0 aromatic carbocycles. The second kappa shape index (κ2) is 12.6. The maximum absolute atomic E-state index is 8.80. The van der Waals surface area contributed by atoms with Crippen LogP contribution in [0.3, 0.4) is 0 Å². The lowest BCUT2D eigenvalue weighted by Crippen LogP contribution is -1.83. The van der Waals surface area contributed by atoms with E-state index in [1.807, 2.05) is 6.08 Å². The van der Waals surface area contributed by atoms with Gasteiger partial charge in [-0.05, 0) is 73.1 Å². The van der Waals surface area contributed by atoms with Crippen molar-refractivity contribution in [1.29, 1.82) is 0 Å². The normalized spacial score (nSPS) is 13.5. The van der Waals surface area contributed by atoms with E-state index in [9.17, 15) is 0 Å². The summed E-state index contributed by atoms with van der Waals surface area (Å²) in [5, 5.41) is 8.80. The minimum Gasteiger partial charge on any atom is -0.392 e. The third-order valence-corrected chi connectivity index (χ3v) is 3.59. The molecule has 0 radical (unpaired) electrons. The summed E-state index contributed by atoms with van der Waals surface area (Å²) in [5.74, 6) is 0. The first-order valence-electron chi connectivity index (χ1n) is 8.16. The van der Waals surface area contributed by atoms with Gasteiger partial charge >= 0.3 is 0 Å². The lowest BCUT2D eigenvalue weighted by molar-refractivity contribution is 0.341. The maximum Gasteiger partial charge on any atom is 0.0614 e. The molecule has 0 aliphatic rings. The second-order valence-electron chi connectivity index (χ2n) is 6.23. The van der Waals surface area contributed by atoms with Crippen molar-refractivity contribution in [3.63, 3.8) is 0 Å². The van der Waals surface area contributed by atoms with Gasteiger partial charge in [-0.15, -0.1) is 0 Å². The van der Waals surface area contributed by atoms with Crippen molar-refractivity contribution in [1.82, 2.24) is 0 Å². The molecule has 0 heterocycles. The van der Waals surface area contributed by atoms with E-state index in [-0.39, 0.29) is 6.61 Å². The van der Waals surface area contributed by atoms with Crippen molar-refractivity contribution in [3.8, 4) is 0 Å². The molecule has 0 aromatic heterocycles. The van der Waals surface area contributed by atoms with E-state index in [0.29, 0.717) is 0 Å². The van der Waals surface area contributed by atoms with Gasteiger partial charge in [0.05, 0.1) is 6.61 Å². The van der Waals surface area contributed by atoms with Crippen molar-refractivity contribution < 1.29 is 5.11 Å². The highest BCUT2D eigenvalue weighted by molar-refractivity contribution is 5.07. The first-order chi connectivity index (χ1) is 9.95. The number of allylic oxidation sites excluding steroid dienone is 7. The molecule has 0 atom stereocenters. The van der Waals surface area contributed by atoms with E-state index < -0.39 is 0 Å². The van der Waals surface area contributed by atoms with Gasteiger partial charge in [-0.3, -0.25) is 0 Å². The van der Waals surface area contributed by atoms with E-state index in [1.54, 1.807) is 0 Å². The number of hydrogen-bond acceptors (Lipinski definition) is 1.